The van der Waals surface area contributed by atoms with Gasteiger partial charge in [0.05, 0.1) is 30.0 Å². The number of carbonyl (C=O) groups excluding carboxylic acids is 1. The van der Waals surface area contributed by atoms with Gasteiger partial charge in [0.1, 0.15) is 11.5 Å². The second kappa shape index (κ2) is 9.19. The van der Waals surface area contributed by atoms with Crippen molar-refractivity contribution in [1.29, 1.82) is 0 Å². The Kier molecular flexibility index (Phi) is 6.15. The van der Waals surface area contributed by atoms with Crippen LogP contribution in [0.4, 0.5) is 0 Å². The molecule has 0 aliphatic heterocycles. The van der Waals surface area contributed by atoms with Crippen molar-refractivity contribution in [2.45, 2.75) is 36.5 Å². The van der Waals surface area contributed by atoms with Crippen molar-refractivity contribution < 1.29 is 22.7 Å². The highest BCUT2D eigenvalue weighted by Crippen LogP contribution is 2.62. The molecule has 1 amide bonds. The zero-order valence-electron chi connectivity index (χ0n) is 21.1. The first-order valence-electron chi connectivity index (χ1n) is 11.9. The van der Waals surface area contributed by atoms with Gasteiger partial charge in [-0.05, 0) is 68.3 Å². The first-order valence-corrected chi connectivity index (χ1v) is 13.4. The molecule has 1 aliphatic carbocycles. The molecule has 1 aliphatic rings. The number of aromatic nitrogens is 1. The molecule has 1 fully saturated rings. The minimum Gasteiger partial charge on any atom is -0.497 e. The zero-order chi connectivity index (χ0) is 26.4. The first-order chi connectivity index (χ1) is 17.7. The molecule has 1 saturated carbocycles. The lowest BCUT2D eigenvalue weighted by Gasteiger charge is -2.21. The number of ether oxygens (including phenoxy) is 2. The second-order valence-corrected chi connectivity index (χ2v) is 11.1. The Hall–Kier alpha value is -3.91. The Morgan fingerprint density at radius 2 is 1.73 bits per heavy atom. The van der Waals surface area contributed by atoms with E-state index in [4.69, 9.17) is 9.47 Å². The summed E-state index contributed by atoms with van der Waals surface area (Å²) in [6.45, 7) is 3.77. The molecule has 0 saturated heterocycles. The van der Waals surface area contributed by atoms with Gasteiger partial charge in [-0.3, -0.25) is 9.78 Å². The fourth-order valence-corrected chi connectivity index (χ4v) is 6.33. The average molecular weight is 517 g/mol. The topological polar surface area (TPSA) is 94.6 Å². The molecule has 5 rings (SSSR count). The highest BCUT2D eigenvalue weighted by Gasteiger charge is 2.63. The molecule has 1 heterocycles. The third-order valence-corrected chi connectivity index (χ3v) is 8.46. The lowest BCUT2D eigenvalue weighted by molar-refractivity contribution is -0.122. The molecule has 0 spiro atoms. The van der Waals surface area contributed by atoms with Gasteiger partial charge in [0, 0.05) is 22.6 Å². The third-order valence-electron chi connectivity index (χ3n) is 7.07. The van der Waals surface area contributed by atoms with Crippen LogP contribution in [0.5, 0.6) is 11.5 Å². The summed E-state index contributed by atoms with van der Waals surface area (Å²) in [5.74, 6) is 0.421. The predicted octanol–water partition coefficient (Wildman–Crippen LogP) is 4.80. The van der Waals surface area contributed by atoms with Crippen molar-refractivity contribution in [2.24, 2.45) is 0 Å². The summed E-state index contributed by atoms with van der Waals surface area (Å²) in [5, 5.41) is 0.457. The summed E-state index contributed by atoms with van der Waals surface area (Å²) in [4.78, 5) is 18.5. The maximum Gasteiger partial charge on any atom is 0.264 e. The van der Waals surface area contributed by atoms with Gasteiger partial charge in [0.25, 0.3) is 10.0 Å². The number of hydrogen-bond acceptors (Lipinski definition) is 6. The monoisotopic (exact) mass is 516 g/mol. The Balaban J connectivity index is 1.58. The van der Waals surface area contributed by atoms with E-state index in [1.54, 1.807) is 38.5 Å². The molecule has 0 radical (unpaired) electrons. The number of nitrogens with zero attached hydrogens (tertiary/aromatic N) is 1. The molecular formula is C29H28N2O5S. The molecule has 7 nitrogen and oxygen atoms in total. The number of pyridine rings is 1. The summed E-state index contributed by atoms with van der Waals surface area (Å²) < 4.78 is 40.5. The maximum absolute atomic E-state index is 14.0. The van der Waals surface area contributed by atoms with Crippen molar-refractivity contribution >= 4 is 26.8 Å². The number of nitrogens with one attached hydrogen (secondary N) is 1. The van der Waals surface area contributed by atoms with Crippen LogP contribution in [0.25, 0.3) is 10.9 Å². The minimum atomic E-state index is -4.20. The number of rotatable bonds is 7. The third kappa shape index (κ3) is 4.31. The first kappa shape index (κ1) is 24.8. The number of sulfonamides is 1. The molecule has 2 atom stereocenters. The SMILES string of the molecule is COc1ccc([C@@H]2C[C@]2(C(=O)NS(=O)(=O)c2cccc3nc(C)ccc23)c2cc(C)ccc2OC)cc1. The minimum absolute atomic E-state index is 0.0128. The molecule has 8 heteroatoms. The van der Waals surface area contributed by atoms with Crippen molar-refractivity contribution in [3.8, 4) is 11.5 Å². The number of fused-ring (bicyclic) bond motifs is 1. The number of hydrogen-bond donors (Lipinski definition) is 1. The van der Waals surface area contributed by atoms with E-state index in [0.717, 1.165) is 16.8 Å². The van der Waals surface area contributed by atoms with Gasteiger partial charge >= 0.3 is 0 Å². The Bertz CT molecular complexity index is 1620. The largest absolute Gasteiger partial charge is 0.497 e. The van der Waals surface area contributed by atoms with E-state index in [0.29, 0.717) is 34.4 Å². The Labute approximate surface area is 216 Å². The van der Waals surface area contributed by atoms with Crippen LogP contribution >= 0.6 is 0 Å². The second-order valence-electron chi connectivity index (χ2n) is 9.42. The van der Waals surface area contributed by atoms with Crippen LogP contribution in [-0.4, -0.2) is 33.5 Å². The van der Waals surface area contributed by atoms with Crippen molar-refractivity contribution in [3.63, 3.8) is 0 Å². The molecule has 0 unspecified atom stereocenters. The molecule has 1 N–H and O–H groups in total. The van der Waals surface area contributed by atoms with Gasteiger partial charge in [-0.25, -0.2) is 13.1 Å². The molecule has 37 heavy (non-hydrogen) atoms. The van der Waals surface area contributed by atoms with Gasteiger partial charge in [-0.15, -0.1) is 0 Å². The number of benzene rings is 3. The van der Waals surface area contributed by atoms with Gasteiger partial charge < -0.3 is 9.47 Å². The van der Waals surface area contributed by atoms with E-state index in [1.807, 2.05) is 56.3 Å². The number of aryl methyl sites for hydroxylation is 2. The summed E-state index contributed by atoms with van der Waals surface area (Å²) >= 11 is 0. The maximum atomic E-state index is 14.0. The van der Waals surface area contributed by atoms with Crippen LogP contribution in [0.3, 0.4) is 0 Å². The van der Waals surface area contributed by atoms with E-state index in [2.05, 4.69) is 9.71 Å². The van der Waals surface area contributed by atoms with Gasteiger partial charge in [0.15, 0.2) is 0 Å². The smallest absolute Gasteiger partial charge is 0.264 e. The predicted molar refractivity (Wildman–Crippen MR) is 142 cm³/mol. The lowest BCUT2D eigenvalue weighted by Crippen LogP contribution is -2.40. The van der Waals surface area contributed by atoms with E-state index in [1.165, 1.54) is 6.07 Å². The van der Waals surface area contributed by atoms with Crippen LogP contribution in [0, 0.1) is 13.8 Å². The van der Waals surface area contributed by atoms with Crippen LogP contribution in [0.1, 0.15) is 34.7 Å². The lowest BCUT2D eigenvalue weighted by atomic mass is 9.88. The quantitative estimate of drug-likeness (QED) is 0.379. The molecule has 3 aromatic carbocycles. The van der Waals surface area contributed by atoms with Crippen molar-refractivity contribution in [2.75, 3.05) is 14.2 Å². The molecule has 1 aromatic heterocycles. The Morgan fingerprint density at radius 3 is 2.43 bits per heavy atom. The van der Waals surface area contributed by atoms with Gasteiger partial charge in [0.2, 0.25) is 5.91 Å². The molecule has 0 bridgehead atoms. The van der Waals surface area contributed by atoms with Crippen LogP contribution in [0.15, 0.2) is 77.7 Å². The van der Waals surface area contributed by atoms with E-state index < -0.39 is 21.3 Å². The summed E-state index contributed by atoms with van der Waals surface area (Å²) in [5.41, 5.74) is 2.74. The van der Waals surface area contributed by atoms with Gasteiger partial charge in [-0.1, -0.05) is 35.9 Å². The highest BCUT2D eigenvalue weighted by atomic mass is 32.2. The summed E-state index contributed by atoms with van der Waals surface area (Å²) in [7, 11) is -1.05. The fraction of sp³-hybridized carbons (Fsp3) is 0.241. The van der Waals surface area contributed by atoms with Gasteiger partial charge in [-0.2, -0.15) is 0 Å². The van der Waals surface area contributed by atoms with Crippen molar-refractivity contribution in [3.05, 3.63) is 95.2 Å². The van der Waals surface area contributed by atoms with Crippen LogP contribution < -0.4 is 14.2 Å². The summed E-state index contributed by atoms with van der Waals surface area (Å²) in [6, 6.07) is 21.5. The fourth-order valence-electron chi connectivity index (χ4n) is 5.07. The standard InChI is InChI=1S/C29H28N2O5S/c1-18-8-15-26(36-4)23(16-18)29(17-24(29)20-10-12-21(35-3)13-11-20)28(32)31-37(33,34)27-7-5-6-25-22(27)14-9-19(2)30-25/h5-16,24H,17H2,1-4H3,(H,31,32)/t24-,29-/m0/s1. The molecule has 4 aromatic rings. The molecule has 190 valence electrons. The van der Waals surface area contributed by atoms with Crippen LogP contribution in [0.2, 0.25) is 0 Å². The van der Waals surface area contributed by atoms with E-state index in [-0.39, 0.29) is 10.8 Å². The van der Waals surface area contributed by atoms with Crippen LogP contribution in [-0.2, 0) is 20.2 Å². The highest BCUT2D eigenvalue weighted by molar-refractivity contribution is 7.90. The normalized spacial score (nSPS) is 18.9. The Morgan fingerprint density at radius 1 is 0.973 bits per heavy atom. The van der Waals surface area contributed by atoms with Crippen molar-refractivity contribution in [1.82, 2.24) is 9.71 Å². The average Bonchev–Trinajstić information content (AvgIpc) is 3.65. The van der Waals surface area contributed by atoms with E-state index in [9.17, 15) is 13.2 Å². The zero-order valence-corrected chi connectivity index (χ0v) is 21.9. The van der Waals surface area contributed by atoms with E-state index >= 15 is 0 Å². The number of amides is 1. The molecular weight excluding hydrogens is 488 g/mol. The number of methoxy groups -OCH3 is 2. The summed E-state index contributed by atoms with van der Waals surface area (Å²) in [6.07, 6.45) is 0.441. The number of carbonyl (C=O) groups is 1.